The van der Waals surface area contributed by atoms with Crippen LogP contribution < -0.4 is 4.90 Å². The molecule has 1 N–H and O–H groups in total. The Morgan fingerprint density at radius 1 is 1.50 bits per heavy atom. The van der Waals surface area contributed by atoms with E-state index in [1.807, 2.05) is 29.0 Å². The number of thioether (sulfide) groups is 1. The van der Waals surface area contributed by atoms with Crippen LogP contribution in [0.25, 0.3) is 0 Å². The molecule has 0 saturated heterocycles. The van der Waals surface area contributed by atoms with Gasteiger partial charge in [-0.2, -0.15) is 0 Å². The molecule has 6 heteroatoms. The Hall–Kier alpha value is -1.79. The molecule has 1 aliphatic rings. The van der Waals surface area contributed by atoms with E-state index >= 15 is 0 Å². The van der Waals surface area contributed by atoms with E-state index in [-0.39, 0.29) is 5.91 Å². The average molecular weight is 289 g/mol. The maximum Gasteiger partial charge on any atom is 0.237 e. The first-order chi connectivity index (χ1) is 9.65. The van der Waals surface area contributed by atoms with Crippen molar-refractivity contribution in [3.8, 4) is 0 Å². The lowest BCUT2D eigenvalue weighted by molar-refractivity contribution is -0.116. The van der Waals surface area contributed by atoms with Crippen LogP contribution in [0.15, 0.2) is 41.8 Å². The van der Waals surface area contributed by atoms with Gasteiger partial charge < -0.3 is 14.6 Å². The maximum atomic E-state index is 11.6. The normalized spacial score (nSPS) is 16.1. The van der Waals surface area contributed by atoms with Crippen molar-refractivity contribution < 1.29 is 9.90 Å². The van der Waals surface area contributed by atoms with E-state index in [0.29, 0.717) is 12.3 Å². The maximum absolute atomic E-state index is 11.6. The summed E-state index contributed by atoms with van der Waals surface area (Å²) in [5, 5.41) is 10.3. The van der Waals surface area contributed by atoms with Crippen LogP contribution in [0.4, 0.5) is 5.69 Å². The zero-order chi connectivity index (χ0) is 14.1. The number of benzene rings is 1. The van der Waals surface area contributed by atoms with Gasteiger partial charge in [0.2, 0.25) is 5.91 Å². The largest absolute Gasteiger partial charge is 0.387 e. The number of hydrogen-bond acceptors (Lipinski definition) is 4. The number of aliphatic hydroxyl groups is 1. The first-order valence-corrected chi connectivity index (χ1v) is 7.31. The van der Waals surface area contributed by atoms with Crippen molar-refractivity contribution in [3.05, 3.63) is 42.5 Å². The average Bonchev–Trinajstić information content (AvgIpc) is 2.95. The number of carbonyl (C=O) groups is 1. The van der Waals surface area contributed by atoms with Gasteiger partial charge >= 0.3 is 0 Å². The molecule has 0 aliphatic carbocycles. The number of anilines is 1. The number of rotatable bonds is 3. The van der Waals surface area contributed by atoms with Crippen LogP contribution in [0.5, 0.6) is 0 Å². The Kier molecular flexibility index (Phi) is 3.50. The Bertz CT molecular complexity index is 627. The fraction of sp³-hybridized carbons (Fsp3) is 0.286. The van der Waals surface area contributed by atoms with E-state index in [1.54, 1.807) is 24.5 Å². The Labute approximate surface area is 121 Å². The van der Waals surface area contributed by atoms with E-state index in [4.69, 9.17) is 0 Å². The molecule has 0 fully saturated rings. The zero-order valence-corrected chi connectivity index (χ0v) is 11.9. The number of nitrogens with zero attached hydrogens (tertiary/aromatic N) is 3. The summed E-state index contributed by atoms with van der Waals surface area (Å²) < 4.78 is 1.84. The molecule has 0 saturated carbocycles. The predicted octanol–water partition coefficient (Wildman–Crippen LogP) is 1.69. The zero-order valence-electron chi connectivity index (χ0n) is 11.1. The third-order valence-corrected chi connectivity index (χ3v) is 4.43. The van der Waals surface area contributed by atoms with Gasteiger partial charge in [0.25, 0.3) is 0 Å². The van der Waals surface area contributed by atoms with Crippen molar-refractivity contribution in [2.75, 3.05) is 17.7 Å². The highest BCUT2D eigenvalue weighted by molar-refractivity contribution is 8.00. The topological polar surface area (TPSA) is 58.4 Å². The minimum Gasteiger partial charge on any atom is -0.387 e. The van der Waals surface area contributed by atoms with Gasteiger partial charge in [0, 0.05) is 24.3 Å². The minimum atomic E-state index is -0.585. The smallest absolute Gasteiger partial charge is 0.237 e. The quantitative estimate of drug-likeness (QED) is 0.934. The second kappa shape index (κ2) is 5.30. The fourth-order valence-corrected chi connectivity index (χ4v) is 3.25. The summed E-state index contributed by atoms with van der Waals surface area (Å²) in [6.45, 7) is 0.470. The molecule has 0 radical (unpaired) electrons. The molecule has 1 aliphatic heterocycles. The molecule has 1 unspecified atom stereocenters. The van der Waals surface area contributed by atoms with Crippen LogP contribution in [-0.2, 0) is 11.3 Å². The van der Waals surface area contributed by atoms with Gasteiger partial charge in [-0.3, -0.25) is 4.79 Å². The standard InChI is InChI=1S/C14H15N3O2S/c1-16-11-3-2-10(6-13(11)20-8-14(16)19)12(18)7-17-5-4-15-9-17/h2-6,9,12,18H,7-8H2,1H3. The molecule has 1 aromatic heterocycles. The molecule has 104 valence electrons. The van der Waals surface area contributed by atoms with Crippen LogP contribution in [0.3, 0.4) is 0 Å². The summed E-state index contributed by atoms with van der Waals surface area (Å²) in [6.07, 6.45) is 4.61. The van der Waals surface area contributed by atoms with Crippen LogP contribution in [0, 0.1) is 0 Å². The first kappa shape index (κ1) is 13.2. The highest BCUT2D eigenvalue weighted by Gasteiger charge is 2.22. The van der Waals surface area contributed by atoms with Gasteiger partial charge in [-0.25, -0.2) is 4.98 Å². The van der Waals surface area contributed by atoms with Gasteiger partial charge in [0.1, 0.15) is 0 Å². The number of amides is 1. The molecule has 20 heavy (non-hydrogen) atoms. The van der Waals surface area contributed by atoms with Crippen molar-refractivity contribution in [1.82, 2.24) is 9.55 Å². The molecular weight excluding hydrogens is 274 g/mol. The molecule has 3 rings (SSSR count). The third kappa shape index (κ3) is 2.44. The molecule has 2 heterocycles. The molecule has 2 aromatic rings. The van der Waals surface area contributed by atoms with Crippen molar-refractivity contribution in [2.24, 2.45) is 0 Å². The summed E-state index contributed by atoms with van der Waals surface area (Å²) in [5.74, 6) is 0.555. The predicted molar refractivity (Wildman–Crippen MR) is 77.8 cm³/mol. The highest BCUT2D eigenvalue weighted by Crippen LogP contribution is 2.36. The molecule has 5 nitrogen and oxygen atoms in total. The molecular formula is C14H15N3O2S. The van der Waals surface area contributed by atoms with Crippen molar-refractivity contribution >= 4 is 23.4 Å². The second-order valence-corrected chi connectivity index (χ2v) is 5.76. The molecule has 1 atom stereocenters. The molecule has 0 bridgehead atoms. The fourth-order valence-electron chi connectivity index (χ4n) is 2.20. The monoisotopic (exact) mass is 289 g/mol. The molecule has 1 amide bonds. The number of aromatic nitrogens is 2. The summed E-state index contributed by atoms with van der Waals surface area (Å²) >= 11 is 1.52. The Morgan fingerprint density at radius 2 is 2.35 bits per heavy atom. The van der Waals surface area contributed by atoms with Crippen molar-refractivity contribution in [2.45, 2.75) is 17.5 Å². The van der Waals surface area contributed by atoms with Gasteiger partial charge in [-0.15, -0.1) is 11.8 Å². The van der Waals surface area contributed by atoms with Crippen LogP contribution in [0.1, 0.15) is 11.7 Å². The van der Waals surface area contributed by atoms with Crippen LogP contribution in [-0.4, -0.2) is 33.4 Å². The summed E-state index contributed by atoms with van der Waals surface area (Å²) in [4.78, 5) is 18.3. The summed E-state index contributed by atoms with van der Waals surface area (Å²) in [7, 11) is 1.78. The summed E-state index contributed by atoms with van der Waals surface area (Å²) in [5.41, 5.74) is 1.76. The van der Waals surface area contributed by atoms with Gasteiger partial charge in [-0.1, -0.05) is 6.07 Å². The van der Waals surface area contributed by atoms with E-state index in [0.717, 1.165) is 16.1 Å². The SMILES string of the molecule is CN1C(=O)CSc2cc(C(O)Cn3ccnc3)ccc21. The number of imidazole rings is 1. The first-order valence-electron chi connectivity index (χ1n) is 6.32. The van der Waals surface area contributed by atoms with Crippen molar-refractivity contribution in [3.63, 3.8) is 0 Å². The second-order valence-electron chi connectivity index (χ2n) is 4.74. The van der Waals surface area contributed by atoms with Gasteiger partial charge in [0.05, 0.1) is 30.4 Å². The highest BCUT2D eigenvalue weighted by atomic mass is 32.2. The Balaban J connectivity index is 1.83. The van der Waals surface area contributed by atoms with Crippen molar-refractivity contribution in [1.29, 1.82) is 0 Å². The Morgan fingerprint density at radius 3 is 3.10 bits per heavy atom. The third-order valence-electron chi connectivity index (χ3n) is 3.40. The number of carbonyl (C=O) groups excluding carboxylic acids is 1. The molecule has 0 spiro atoms. The van der Waals surface area contributed by atoms with E-state index < -0.39 is 6.10 Å². The van der Waals surface area contributed by atoms with Crippen LogP contribution >= 0.6 is 11.8 Å². The van der Waals surface area contributed by atoms with Gasteiger partial charge in [0.15, 0.2) is 0 Å². The summed E-state index contributed by atoms with van der Waals surface area (Å²) in [6, 6.07) is 5.73. The van der Waals surface area contributed by atoms with E-state index in [9.17, 15) is 9.90 Å². The number of aliphatic hydroxyl groups excluding tert-OH is 1. The lowest BCUT2D eigenvalue weighted by Gasteiger charge is -2.26. The van der Waals surface area contributed by atoms with E-state index in [1.165, 1.54) is 11.8 Å². The molecule has 1 aromatic carbocycles. The number of fused-ring (bicyclic) bond motifs is 1. The minimum absolute atomic E-state index is 0.106. The van der Waals surface area contributed by atoms with Crippen LogP contribution in [0.2, 0.25) is 0 Å². The number of hydrogen-bond donors (Lipinski definition) is 1. The lowest BCUT2D eigenvalue weighted by Crippen LogP contribution is -2.31. The van der Waals surface area contributed by atoms with E-state index in [2.05, 4.69) is 4.98 Å². The van der Waals surface area contributed by atoms with Gasteiger partial charge in [-0.05, 0) is 17.7 Å². The lowest BCUT2D eigenvalue weighted by atomic mass is 10.1.